The summed E-state index contributed by atoms with van der Waals surface area (Å²) in [7, 11) is 0. The van der Waals surface area contributed by atoms with E-state index in [1.165, 1.54) is 0 Å². The van der Waals surface area contributed by atoms with Crippen LogP contribution < -0.4 is 0 Å². The summed E-state index contributed by atoms with van der Waals surface area (Å²) in [6.45, 7) is 0. The van der Waals surface area contributed by atoms with E-state index >= 15 is 0 Å². The first-order valence-electron chi connectivity index (χ1n) is 2.13. The molecule has 1 heterocycles. The number of carbonyl (C=O) groups is 2. The Hall–Kier alpha value is -0.940. The molecule has 1 fully saturated rings. The lowest BCUT2D eigenvalue weighted by molar-refractivity contribution is -0.154. The molecule has 1 atom stereocenters. The Morgan fingerprint density at radius 1 is 1.56 bits per heavy atom. The zero-order chi connectivity index (χ0) is 6.15. The molecule has 0 aliphatic carbocycles. The van der Waals surface area contributed by atoms with Gasteiger partial charge in [0.25, 0.3) is 0 Å². The Morgan fingerprint density at radius 2 is 2.11 bits per heavy atom. The van der Waals surface area contributed by atoms with E-state index in [0.717, 1.165) is 0 Å². The number of esters is 2. The molecule has 0 bridgehead atoms. The summed E-state index contributed by atoms with van der Waals surface area (Å²) in [5.41, 5.74) is 0. The van der Waals surface area contributed by atoms with E-state index in [2.05, 4.69) is 4.74 Å². The maximum Gasteiger partial charge on any atom is 0.343 e. The summed E-state index contributed by atoms with van der Waals surface area (Å²) in [6, 6.07) is 0. The van der Waals surface area contributed by atoms with Gasteiger partial charge in [-0.05, 0) is 0 Å². The lowest BCUT2D eigenvalue weighted by Crippen LogP contribution is -2.11. The van der Waals surface area contributed by atoms with Gasteiger partial charge in [0.2, 0.25) is 0 Å². The van der Waals surface area contributed by atoms with E-state index < -0.39 is 18.0 Å². The summed E-state index contributed by atoms with van der Waals surface area (Å²) in [5, 5.41) is 8.47. The van der Waals surface area contributed by atoms with Crippen LogP contribution in [0.25, 0.3) is 0 Å². The Balaban J connectivity index is 0.000000640. The minimum Gasteiger partial charge on any atom is -0.412 e. The maximum absolute atomic E-state index is 10.1. The highest BCUT2D eigenvalue weighted by Gasteiger charge is 2.30. The molecule has 0 radical (unpaired) electrons. The Kier molecular flexibility index (Phi) is 2.29. The third-order valence-electron chi connectivity index (χ3n) is 0.847. The fourth-order valence-corrected chi connectivity index (χ4v) is 0.463. The molecule has 9 heavy (non-hydrogen) atoms. The van der Waals surface area contributed by atoms with E-state index in [9.17, 15) is 9.59 Å². The van der Waals surface area contributed by atoms with Gasteiger partial charge in [-0.2, -0.15) is 0 Å². The second kappa shape index (κ2) is 2.56. The van der Waals surface area contributed by atoms with Crippen LogP contribution in [0.2, 0.25) is 0 Å². The van der Waals surface area contributed by atoms with Gasteiger partial charge >= 0.3 is 11.9 Å². The standard InChI is InChI=1S/C4H4O4.H2O/c5-2-1-3(6)8-4(2)7;/h2,5H,1H2;1H2. The predicted molar refractivity (Wildman–Crippen MR) is 25.3 cm³/mol. The van der Waals surface area contributed by atoms with Crippen LogP contribution in [0.15, 0.2) is 0 Å². The van der Waals surface area contributed by atoms with Crippen LogP contribution in [0.4, 0.5) is 0 Å². The zero-order valence-electron chi connectivity index (χ0n) is 4.46. The predicted octanol–water partition coefficient (Wildman–Crippen LogP) is -2.00. The normalized spacial score (nSPS) is 25.2. The highest BCUT2D eigenvalue weighted by Crippen LogP contribution is 2.05. The molecule has 0 amide bonds. The van der Waals surface area contributed by atoms with Gasteiger partial charge in [0.15, 0.2) is 6.10 Å². The van der Waals surface area contributed by atoms with Crippen LogP contribution in [0.3, 0.4) is 0 Å². The van der Waals surface area contributed by atoms with Crippen LogP contribution in [0, 0.1) is 0 Å². The number of aliphatic hydroxyl groups is 1. The van der Waals surface area contributed by atoms with Crippen molar-refractivity contribution in [3.05, 3.63) is 0 Å². The average Bonchev–Trinajstić information content (AvgIpc) is 1.85. The molecule has 5 nitrogen and oxygen atoms in total. The summed E-state index contributed by atoms with van der Waals surface area (Å²) in [5.74, 6) is -1.49. The van der Waals surface area contributed by atoms with Crippen LogP contribution >= 0.6 is 0 Å². The van der Waals surface area contributed by atoms with Gasteiger partial charge in [0.05, 0.1) is 6.42 Å². The molecule has 1 unspecified atom stereocenters. The lowest BCUT2D eigenvalue weighted by atomic mass is 10.3. The Morgan fingerprint density at radius 3 is 2.22 bits per heavy atom. The Labute approximate surface area is 50.5 Å². The number of rotatable bonds is 0. The third kappa shape index (κ3) is 1.48. The van der Waals surface area contributed by atoms with Crippen molar-refractivity contribution in [3.8, 4) is 0 Å². The molecule has 0 spiro atoms. The number of hydrogen-bond donors (Lipinski definition) is 1. The van der Waals surface area contributed by atoms with E-state index in [0.29, 0.717) is 0 Å². The smallest absolute Gasteiger partial charge is 0.343 e. The number of cyclic esters (lactones) is 2. The van der Waals surface area contributed by atoms with Crippen LogP contribution in [0.5, 0.6) is 0 Å². The van der Waals surface area contributed by atoms with Gasteiger partial charge in [-0.3, -0.25) is 4.79 Å². The summed E-state index contributed by atoms with van der Waals surface area (Å²) < 4.78 is 3.95. The van der Waals surface area contributed by atoms with Crippen LogP contribution in [-0.4, -0.2) is 28.6 Å². The molecular weight excluding hydrogens is 128 g/mol. The average molecular weight is 134 g/mol. The van der Waals surface area contributed by atoms with Gasteiger partial charge < -0.3 is 15.3 Å². The third-order valence-corrected chi connectivity index (χ3v) is 0.847. The monoisotopic (exact) mass is 134 g/mol. The van der Waals surface area contributed by atoms with E-state index in [1.807, 2.05) is 0 Å². The second-order valence-corrected chi connectivity index (χ2v) is 1.51. The molecule has 0 aromatic rings. The minimum absolute atomic E-state index is 0. The molecule has 1 rings (SSSR count). The minimum atomic E-state index is -1.22. The molecule has 0 aromatic heterocycles. The molecule has 0 aromatic carbocycles. The fraction of sp³-hybridized carbons (Fsp3) is 0.500. The second-order valence-electron chi connectivity index (χ2n) is 1.51. The first kappa shape index (κ1) is 8.06. The van der Waals surface area contributed by atoms with Crippen molar-refractivity contribution in [2.24, 2.45) is 0 Å². The van der Waals surface area contributed by atoms with Crippen molar-refractivity contribution in [3.63, 3.8) is 0 Å². The molecule has 0 saturated carbocycles. The van der Waals surface area contributed by atoms with Gasteiger partial charge in [0.1, 0.15) is 0 Å². The van der Waals surface area contributed by atoms with Crippen molar-refractivity contribution in [2.75, 3.05) is 0 Å². The lowest BCUT2D eigenvalue weighted by Gasteiger charge is -1.86. The van der Waals surface area contributed by atoms with Gasteiger partial charge in [0, 0.05) is 0 Å². The highest BCUT2D eigenvalue weighted by molar-refractivity contribution is 5.95. The number of carbonyl (C=O) groups excluding carboxylic acids is 2. The van der Waals surface area contributed by atoms with Crippen LogP contribution in [-0.2, 0) is 14.3 Å². The molecule has 1 saturated heterocycles. The van der Waals surface area contributed by atoms with Gasteiger partial charge in [-0.1, -0.05) is 0 Å². The summed E-state index contributed by atoms with van der Waals surface area (Å²) in [4.78, 5) is 20.2. The maximum atomic E-state index is 10.1. The molecule has 5 heteroatoms. The molecular formula is C4H6O5. The van der Waals surface area contributed by atoms with E-state index in [-0.39, 0.29) is 11.9 Å². The summed E-state index contributed by atoms with van der Waals surface area (Å²) in [6.07, 6.45) is -1.42. The van der Waals surface area contributed by atoms with Gasteiger partial charge in [-0.15, -0.1) is 0 Å². The number of hydrogen-bond acceptors (Lipinski definition) is 4. The first-order valence-corrected chi connectivity index (χ1v) is 2.13. The van der Waals surface area contributed by atoms with Crippen molar-refractivity contribution in [2.45, 2.75) is 12.5 Å². The highest BCUT2D eigenvalue weighted by atomic mass is 16.6. The van der Waals surface area contributed by atoms with Gasteiger partial charge in [-0.25, -0.2) is 4.79 Å². The van der Waals surface area contributed by atoms with Crippen LogP contribution in [0.1, 0.15) is 6.42 Å². The Bertz CT molecular complexity index is 140. The number of ether oxygens (including phenoxy) is 1. The van der Waals surface area contributed by atoms with Crippen molar-refractivity contribution in [1.82, 2.24) is 0 Å². The summed E-state index contributed by atoms with van der Waals surface area (Å²) >= 11 is 0. The fourth-order valence-electron chi connectivity index (χ4n) is 0.463. The zero-order valence-corrected chi connectivity index (χ0v) is 4.46. The van der Waals surface area contributed by atoms with Crippen molar-refractivity contribution < 1.29 is 24.9 Å². The largest absolute Gasteiger partial charge is 0.412 e. The quantitative estimate of drug-likeness (QED) is 0.306. The van der Waals surface area contributed by atoms with Crippen molar-refractivity contribution in [1.29, 1.82) is 0 Å². The van der Waals surface area contributed by atoms with Crippen molar-refractivity contribution >= 4 is 11.9 Å². The molecule has 1 aliphatic rings. The number of aliphatic hydroxyl groups excluding tert-OH is 1. The molecule has 1 aliphatic heterocycles. The topological polar surface area (TPSA) is 95.1 Å². The SMILES string of the molecule is O.O=C1CC(O)C(=O)O1. The molecule has 3 N–H and O–H groups in total. The van der Waals surface area contributed by atoms with E-state index in [1.54, 1.807) is 0 Å². The first-order chi connectivity index (χ1) is 3.70. The molecule has 52 valence electrons. The van der Waals surface area contributed by atoms with E-state index in [4.69, 9.17) is 5.11 Å².